The lowest BCUT2D eigenvalue weighted by atomic mass is 10.1. The molecule has 1 aliphatic rings. The van der Waals surface area contributed by atoms with Crippen LogP contribution in [-0.2, 0) is 4.74 Å². The Morgan fingerprint density at radius 3 is 2.61 bits per heavy atom. The van der Waals surface area contributed by atoms with E-state index < -0.39 is 10.8 Å². The Labute approximate surface area is 177 Å². The molecule has 0 saturated carbocycles. The molecule has 1 saturated heterocycles. The van der Waals surface area contributed by atoms with Gasteiger partial charge >= 0.3 is 0 Å². The number of rotatable bonds is 5. The largest absolute Gasteiger partial charge is 0.378 e. The van der Waals surface area contributed by atoms with Crippen LogP contribution >= 0.6 is 0 Å². The number of anilines is 1. The Kier molecular flexibility index (Phi) is 5.72. The summed E-state index contributed by atoms with van der Waals surface area (Å²) < 4.78 is 6.67. The number of non-ortho nitro benzene ring substituents is 1. The topological polar surface area (TPSA) is 120 Å². The SMILES string of the molecule is O=C(Nc1ccccc1C(=O)N1CCOCC1)c1ccn(-c2cccc([N+](=O)[O-])c2)n1. The van der Waals surface area contributed by atoms with Gasteiger partial charge in [-0.1, -0.05) is 18.2 Å². The van der Waals surface area contributed by atoms with Crippen LogP contribution in [0.25, 0.3) is 5.69 Å². The molecule has 1 fully saturated rings. The number of nitro benzene ring substituents is 1. The summed E-state index contributed by atoms with van der Waals surface area (Å²) in [6.07, 6.45) is 1.54. The number of benzene rings is 2. The first-order valence-corrected chi connectivity index (χ1v) is 9.61. The number of nitrogens with one attached hydrogen (secondary N) is 1. The van der Waals surface area contributed by atoms with Gasteiger partial charge in [-0.2, -0.15) is 5.10 Å². The molecular formula is C21H19N5O5. The fourth-order valence-electron chi connectivity index (χ4n) is 3.24. The predicted octanol–water partition coefficient (Wildman–Crippen LogP) is 2.51. The number of nitro groups is 1. The zero-order valence-electron chi connectivity index (χ0n) is 16.4. The first-order chi connectivity index (χ1) is 15.0. The van der Waals surface area contributed by atoms with Crippen LogP contribution in [0.3, 0.4) is 0 Å². The van der Waals surface area contributed by atoms with Crippen molar-refractivity contribution in [3.63, 3.8) is 0 Å². The van der Waals surface area contributed by atoms with E-state index in [1.807, 2.05) is 0 Å². The molecule has 0 bridgehead atoms. The minimum absolute atomic E-state index is 0.0745. The third-order valence-electron chi connectivity index (χ3n) is 4.83. The molecule has 2 amide bonds. The first kappa shape index (κ1) is 20.2. The van der Waals surface area contributed by atoms with E-state index in [4.69, 9.17) is 4.74 Å². The van der Waals surface area contributed by atoms with Crippen molar-refractivity contribution >= 4 is 23.2 Å². The standard InChI is InChI=1S/C21H19N5O5/c27-20(19-8-9-25(23-19)15-4-3-5-16(14-15)26(29)30)22-18-7-2-1-6-17(18)21(28)24-10-12-31-13-11-24/h1-9,14H,10-13H2,(H,22,27). The molecule has 2 aromatic carbocycles. The van der Waals surface area contributed by atoms with Gasteiger partial charge in [-0.25, -0.2) is 4.68 Å². The van der Waals surface area contributed by atoms with Gasteiger partial charge in [0.05, 0.1) is 35.1 Å². The number of nitrogens with zero attached hydrogens (tertiary/aromatic N) is 4. The summed E-state index contributed by atoms with van der Waals surface area (Å²) in [5, 5.41) is 17.9. The number of carbonyl (C=O) groups excluding carboxylic acids is 2. The van der Waals surface area contributed by atoms with Gasteiger partial charge in [0.15, 0.2) is 5.69 Å². The van der Waals surface area contributed by atoms with Gasteiger partial charge in [0.25, 0.3) is 17.5 Å². The molecule has 10 nitrogen and oxygen atoms in total. The van der Waals surface area contributed by atoms with Crippen LogP contribution in [0.1, 0.15) is 20.8 Å². The van der Waals surface area contributed by atoms with Gasteiger partial charge in [0, 0.05) is 31.4 Å². The maximum atomic E-state index is 12.9. The van der Waals surface area contributed by atoms with Crippen molar-refractivity contribution < 1.29 is 19.2 Å². The number of hydrogen-bond acceptors (Lipinski definition) is 6. The summed E-state index contributed by atoms with van der Waals surface area (Å²) in [6.45, 7) is 1.95. The normalized spacial score (nSPS) is 13.6. The molecule has 3 aromatic rings. The molecule has 0 unspecified atom stereocenters. The summed E-state index contributed by atoms with van der Waals surface area (Å²) in [7, 11) is 0. The van der Waals surface area contributed by atoms with E-state index in [-0.39, 0.29) is 17.3 Å². The minimum Gasteiger partial charge on any atom is -0.378 e. The minimum atomic E-state index is -0.497. The van der Waals surface area contributed by atoms with E-state index in [0.29, 0.717) is 43.2 Å². The van der Waals surface area contributed by atoms with Crippen LogP contribution in [0.2, 0.25) is 0 Å². The monoisotopic (exact) mass is 421 g/mol. The fourth-order valence-corrected chi connectivity index (χ4v) is 3.24. The van der Waals surface area contributed by atoms with E-state index in [1.165, 1.54) is 22.9 Å². The van der Waals surface area contributed by atoms with Crippen molar-refractivity contribution in [3.05, 3.63) is 82.2 Å². The van der Waals surface area contributed by atoms with Crippen molar-refractivity contribution in [1.29, 1.82) is 0 Å². The van der Waals surface area contributed by atoms with E-state index in [2.05, 4.69) is 10.4 Å². The summed E-state index contributed by atoms with van der Waals surface area (Å²) in [6, 6.07) is 14.2. The molecule has 1 aliphatic heterocycles. The number of aromatic nitrogens is 2. The molecule has 0 radical (unpaired) electrons. The Bertz CT molecular complexity index is 1140. The summed E-state index contributed by atoms with van der Waals surface area (Å²) in [5.74, 6) is -0.673. The second kappa shape index (κ2) is 8.76. The van der Waals surface area contributed by atoms with Crippen molar-refractivity contribution in [2.75, 3.05) is 31.6 Å². The van der Waals surface area contributed by atoms with Crippen LogP contribution in [0.4, 0.5) is 11.4 Å². The van der Waals surface area contributed by atoms with Crippen LogP contribution in [0, 0.1) is 10.1 Å². The molecule has 158 valence electrons. The lowest BCUT2D eigenvalue weighted by Gasteiger charge is -2.27. The molecular weight excluding hydrogens is 402 g/mol. The number of morpholine rings is 1. The average Bonchev–Trinajstić information content (AvgIpc) is 3.30. The first-order valence-electron chi connectivity index (χ1n) is 9.61. The second-order valence-corrected chi connectivity index (χ2v) is 6.83. The maximum Gasteiger partial charge on any atom is 0.276 e. The molecule has 0 atom stereocenters. The summed E-state index contributed by atoms with van der Waals surface area (Å²) in [4.78, 5) is 37.8. The molecule has 4 rings (SSSR count). The lowest BCUT2D eigenvalue weighted by molar-refractivity contribution is -0.384. The number of para-hydroxylation sites is 1. The van der Waals surface area contributed by atoms with E-state index in [1.54, 1.807) is 47.5 Å². The summed E-state index contributed by atoms with van der Waals surface area (Å²) in [5.41, 5.74) is 1.26. The van der Waals surface area contributed by atoms with Gasteiger partial charge in [-0.15, -0.1) is 0 Å². The second-order valence-electron chi connectivity index (χ2n) is 6.83. The van der Waals surface area contributed by atoms with Crippen molar-refractivity contribution in [3.8, 4) is 5.69 Å². The third kappa shape index (κ3) is 4.43. The molecule has 1 N–H and O–H groups in total. The molecule has 2 heterocycles. The Hall–Kier alpha value is -4.05. The van der Waals surface area contributed by atoms with Crippen LogP contribution in [-0.4, -0.2) is 57.7 Å². The lowest BCUT2D eigenvalue weighted by Crippen LogP contribution is -2.41. The highest BCUT2D eigenvalue weighted by Gasteiger charge is 2.22. The molecule has 0 spiro atoms. The van der Waals surface area contributed by atoms with Crippen molar-refractivity contribution in [2.45, 2.75) is 0 Å². The zero-order valence-corrected chi connectivity index (χ0v) is 16.4. The van der Waals surface area contributed by atoms with Gasteiger partial charge in [0.1, 0.15) is 0 Å². The third-order valence-corrected chi connectivity index (χ3v) is 4.83. The van der Waals surface area contributed by atoms with Gasteiger partial charge < -0.3 is 15.0 Å². The van der Waals surface area contributed by atoms with Crippen molar-refractivity contribution in [1.82, 2.24) is 14.7 Å². The molecule has 0 aliphatic carbocycles. The Morgan fingerprint density at radius 1 is 1.06 bits per heavy atom. The van der Waals surface area contributed by atoms with Crippen LogP contribution in [0.5, 0.6) is 0 Å². The quantitative estimate of drug-likeness (QED) is 0.499. The van der Waals surface area contributed by atoms with E-state index >= 15 is 0 Å². The predicted molar refractivity (Wildman–Crippen MR) is 111 cm³/mol. The smallest absolute Gasteiger partial charge is 0.276 e. The van der Waals surface area contributed by atoms with E-state index in [9.17, 15) is 19.7 Å². The Balaban J connectivity index is 1.53. The average molecular weight is 421 g/mol. The van der Waals surface area contributed by atoms with Gasteiger partial charge in [-0.05, 0) is 24.3 Å². The highest BCUT2D eigenvalue weighted by atomic mass is 16.6. The van der Waals surface area contributed by atoms with Crippen molar-refractivity contribution in [2.24, 2.45) is 0 Å². The van der Waals surface area contributed by atoms with E-state index in [0.717, 1.165) is 0 Å². The highest BCUT2D eigenvalue weighted by molar-refractivity contribution is 6.08. The maximum absolute atomic E-state index is 12.9. The zero-order chi connectivity index (χ0) is 21.8. The molecule has 1 aromatic heterocycles. The Morgan fingerprint density at radius 2 is 1.84 bits per heavy atom. The highest BCUT2D eigenvalue weighted by Crippen LogP contribution is 2.20. The number of amides is 2. The number of ether oxygens (including phenoxy) is 1. The molecule has 10 heteroatoms. The van der Waals surface area contributed by atoms with Crippen LogP contribution in [0.15, 0.2) is 60.8 Å². The molecule has 31 heavy (non-hydrogen) atoms. The number of carbonyl (C=O) groups is 2. The van der Waals surface area contributed by atoms with Gasteiger partial charge in [-0.3, -0.25) is 19.7 Å². The summed E-state index contributed by atoms with van der Waals surface area (Å²) >= 11 is 0. The van der Waals surface area contributed by atoms with Crippen LogP contribution < -0.4 is 5.32 Å². The fraction of sp³-hybridized carbons (Fsp3) is 0.190. The van der Waals surface area contributed by atoms with Gasteiger partial charge in [0.2, 0.25) is 0 Å². The number of hydrogen-bond donors (Lipinski definition) is 1.